The Kier molecular flexibility index (Phi) is 4.63. The van der Waals surface area contributed by atoms with Gasteiger partial charge in [0.2, 0.25) is 0 Å². The van der Waals surface area contributed by atoms with Crippen molar-refractivity contribution in [3.05, 3.63) is 29.6 Å². The van der Waals surface area contributed by atoms with Crippen LogP contribution in [0.2, 0.25) is 0 Å². The van der Waals surface area contributed by atoms with Gasteiger partial charge in [-0.2, -0.15) is 0 Å². The summed E-state index contributed by atoms with van der Waals surface area (Å²) in [4.78, 5) is 10.9. The van der Waals surface area contributed by atoms with E-state index in [1.165, 1.54) is 25.0 Å². The van der Waals surface area contributed by atoms with E-state index in [-0.39, 0.29) is 5.56 Å². The molecule has 0 heterocycles. The molecule has 2 atom stereocenters. The van der Waals surface area contributed by atoms with E-state index >= 15 is 0 Å². The summed E-state index contributed by atoms with van der Waals surface area (Å²) in [6.45, 7) is 4.49. The third kappa shape index (κ3) is 3.50. The lowest BCUT2D eigenvalue weighted by atomic mass is 9.79. The number of hydrogen-bond acceptors (Lipinski definition) is 2. The van der Waals surface area contributed by atoms with Gasteiger partial charge in [0, 0.05) is 11.7 Å². The van der Waals surface area contributed by atoms with Gasteiger partial charge in [-0.25, -0.2) is 9.18 Å². The van der Waals surface area contributed by atoms with E-state index in [1.54, 1.807) is 6.07 Å². The Bertz CT molecular complexity index is 487. The molecule has 1 aliphatic carbocycles. The summed E-state index contributed by atoms with van der Waals surface area (Å²) < 4.78 is 13.4. The first-order valence-corrected chi connectivity index (χ1v) is 7.26. The molecular formula is C16H22FNO2. The predicted molar refractivity (Wildman–Crippen MR) is 77.6 cm³/mol. The third-order valence-electron chi connectivity index (χ3n) is 4.23. The van der Waals surface area contributed by atoms with Crippen molar-refractivity contribution >= 4 is 11.7 Å². The van der Waals surface area contributed by atoms with Crippen molar-refractivity contribution in [3.63, 3.8) is 0 Å². The number of carbonyl (C=O) groups is 1. The molecule has 110 valence electrons. The van der Waals surface area contributed by atoms with E-state index in [2.05, 4.69) is 19.2 Å². The molecule has 1 aromatic rings. The Morgan fingerprint density at radius 1 is 1.40 bits per heavy atom. The molecule has 1 aliphatic rings. The summed E-state index contributed by atoms with van der Waals surface area (Å²) in [5, 5.41) is 12.3. The first kappa shape index (κ1) is 14.8. The lowest BCUT2D eigenvalue weighted by Crippen LogP contribution is -2.29. The molecule has 0 spiro atoms. The number of aromatic carboxylic acids is 1. The number of carboxylic acid groups (broad SMARTS) is 1. The van der Waals surface area contributed by atoms with Gasteiger partial charge in [0.1, 0.15) is 5.82 Å². The summed E-state index contributed by atoms with van der Waals surface area (Å²) in [6, 6.07) is 4.56. The minimum Gasteiger partial charge on any atom is -0.478 e. The van der Waals surface area contributed by atoms with Gasteiger partial charge in [0.05, 0.1) is 5.56 Å². The fourth-order valence-electron chi connectivity index (χ4n) is 2.98. The number of hydrogen-bond donors (Lipinski definition) is 2. The number of anilines is 1. The first-order chi connectivity index (χ1) is 9.47. The molecule has 20 heavy (non-hydrogen) atoms. The topological polar surface area (TPSA) is 49.3 Å². The van der Waals surface area contributed by atoms with Crippen LogP contribution in [0.25, 0.3) is 0 Å². The third-order valence-corrected chi connectivity index (χ3v) is 4.23. The molecule has 1 saturated carbocycles. The fourth-order valence-corrected chi connectivity index (χ4v) is 2.98. The second-order valence-corrected chi connectivity index (χ2v) is 6.01. The summed E-state index contributed by atoms with van der Waals surface area (Å²) >= 11 is 0. The van der Waals surface area contributed by atoms with Crippen LogP contribution in [0.4, 0.5) is 10.1 Å². The van der Waals surface area contributed by atoms with Crippen LogP contribution in [0.3, 0.4) is 0 Å². The van der Waals surface area contributed by atoms with E-state index in [0.717, 1.165) is 12.8 Å². The Labute approximate surface area is 119 Å². The summed E-state index contributed by atoms with van der Waals surface area (Å²) in [5.41, 5.74) is 0.421. The Morgan fingerprint density at radius 3 is 2.80 bits per heavy atom. The van der Waals surface area contributed by atoms with Crippen molar-refractivity contribution in [2.75, 3.05) is 5.32 Å². The van der Waals surface area contributed by atoms with Crippen molar-refractivity contribution in [3.8, 4) is 0 Å². The van der Waals surface area contributed by atoms with Crippen molar-refractivity contribution in [1.29, 1.82) is 0 Å². The van der Waals surface area contributed by atoms with E-state index in [1.807, 2.05) is 0 Å². The molecule has 0 aliphatic heterocycles. The fraction of sp³-hybridized carbons (Fsp3) is 0.562. The van der Waals surface area contributed by atoms with Crippen LogP contribution in [-0.2, 0) is 0 Å². The molecular weight excluding hydrogens is 257 g/mol. The molecule has 2 rings (SSSR count). The highest BCUT2D eigenvalue weighted by Crippen LogP contribution is 2.31. The molecule has 0 aromatic heterocycles. The Hall–Kier alpha value is -1.58. The highest BCUT2D eigenvalue weighted by Gasteiger charge is 2.24. The highest BCUT2D eigenvalue weighted by atomic mass is 19.1. The summed E-state index contributed by atoms with van der Waals surface area (Å²) in [7, 11) is 0. The van der Waals surface area contributed by atoms with E-state index in [4.69, 9.17) is 5.11 Å². The molecule has 3 nitrogen and oxygen atoms in total. The Morgan fingerprint density at radius 2 is 2.15 bits per heavy atom. The SMILES string of the molecule is CC(C)C1CCCC(Nc2ccc(F)c(C(=O)O)c2)C1. The van der Waals surface area contributed by atoms with Crippen molar-refractivity contribution in [2.45, 2.75) is 45.6 Å². The molecule has 0 amide bonds. The van der Waals surface area contributed by atoms with Gasteiger partial charge in [-0.1, -0.05) is 26.7 Å². The van der Waals surface area contributed by atoms with Gasteiger partial charge >= 0.3 is 5.97 Å². The maximum Gasteiger partial charge on any atom is 0.338 e. The van der Waals surface area contributed by atoms with Crippen molar-refractivity contribution in [2.24, 2.45) is 11.8 Å². The minimum atomic E-state index is -1.23. The summed E-state index contributed by atoms with van der Waals surface area (Å²) in [6.07, 6.45) is 4.63. The van der Waals surface area contributed by atoms with E-state index < -0.39 is 11.8 Å². The maximum atomic E-state index is 13.4. The number of halogens is 1. The number of carboxylic acids is 1. The predicted octanol–water partition coefficient (Wildman–Crippen LogP) is 4.15. The van der Waals surface area contributed by atoms with Gasteiger partial charge in [0.25, 0.3) is 0 Å². The number of rotatable bonds is 4. The molecule has 0 saturated heterocycles. The zero-order valence-corrected chi connectivity index (χ0v) is 12.0. The van der Waals surface area contributed by atoms with Gasteiger partial charge in [-0.15, -0.1) is 0 Å². The number of benzene rings is 1. The van der Waals surface area contributed by atoms with Gasteiger partial charge in [0.15, 0.2) is 0 Å². The van der Waals surface area contributed by atoms with Crippen LogP contribution < -0.4 is 5.32 Å². The van der Waals surface area contributed by atoms with Crippen LogP contribution in [0.5, 0.6) is 0 Å². The monoisotopic (exact) mass is 279 g/mol. The van der Waals surface area contributed by atoms with Gasteiger partial charge in [-0.05, 0) is 42.9 Å². The minimum absolute atomic E-state index is 0.272. The lowest BCUT2D eigenvalue weighted by molar-refractivity contribution is 0.0692. The van der Waals surface area contributed by atoms with Crippen molar-refractivity contribution in [1.82, 2.24) is 0 Å². The van der Waals surface area contributed by atoms with Crippen molar-refractivity contribution < 1.29 is 14.3 Å². The standard InChI is InChI=1S/C16H22FNO2/c1-10(2)11-4-3-5-12(8-11)18-13-6-7-15(17)14(9-13)16(19)20/h6-7,9-12,18H,3-5,8H2,1-2H3,(H,19,20). The average molecular weight is 279 g/mol. The normalized spacial score (nSPS) is 22.8. The molecule has 1 fully saturated rings. The maximum absolute atomic E-state index is 13.4. The van der Waals surface area contributed by atoms with Crippen LogP contribution in [-0.4, -0.2) is 17.1 Å². The second kappa shape index (κ2) is 6.25. The molecule has 0 radical (unpaired) electrons. The van der Waals surface area contributed by atoms with E-state index in [9.17, 15) is 9.18 Å². The lowest BCUT2D eigenvalue weighted by Gasteiger charge is -2.32. The van der Waals surface area contributed by atoms with Gasteiger partial charge in [-0.3, -0.25) is 0 Å². The van der Waals surface area contributed by atoms with Crippen LogP contribution in [0.15, 0.2) is 18.2 Å². The molecule has 2 unspecified atom stereocenters. The van der Waals surface area contributed by atoms with Crippen LogP contribution in [0.1, 0.15) is 49.9 Å². The number of nitrogens with one attached hydrogen (secondary N) is 1. The smallest absolute Gasteiger partial charge is 0.338 e. The first-order valence-electron chi connectivity index (χ1n) is 7.26. The van der Waals surface area contributed by atoms with E-state index in [0.29, 0.717) is 23.6 Å². The molecule has 0 bridgehead atoms. The largest absolute Gasteiger partial charge is 0.478 e. The Balaban J connectivity index is 2.06. The zero-order chi connectivity index (χ0) is 14.7. The molecule has 4 heteroatoms. The average Bonchev–Trinajstić information content (AvgIpc) is 2.41. The van der Waals surface area contributed by atoms with Crippen LogP contribution >= 0.6 is 0 Å². The second-order valence-electron chi connectivity index (χ2n) is 6.01. The summed E-state index contributed by atoms with van der Waals surface area (Å²) in [5.74, 6) is -0.537. The molecule has 1 aromatic carbocycles. The van der Waals surface area contributed by atoms with Gasteiger partial charge < -0.3 is 10.4 Å². The highest BCUT2D eigenvalue weighted by molar-refractivity contribution is 5.89. The molecule has 2 N–H and O–H groups in total. The zero-order valence-electron chi connectivity index (χ0n) is 12.0. The quantitative estimate of drug-likeness (QED) is 0.870. The van der Waals surface area contributed by atoms with Crippen LogP contribution in [0, 0.1) is 17.7 Å².